The van der Waals surface area contributed by atoms with Crippen LogP contribution in [0.15, 0.2) is 12.3 Å². The Kier molecular flexibility index (Phi) is 8.26. The summed E-state index contributed by atoms with van der Waals surface area (Å²) in [5.41, 5.74) is 0.0373. The molecule has 0 radical (unpaired) electrons. The number of benzene rings is 1. The van der Waals surface area contributed by atoms with Crippen LogP contribution in [0.2, 0.25) is 0 Å². The van der Waals surface area contributed by atoms with Gasteiger partial charge in [-0.15, -0.1) is 0 Å². The first kappa shape index (κ1) is 34.3. The van der Waals surface area contributed by atoms with E-state index in [0.29, 0.717) is 62.1 Å². The van der Waals surface area contributed by atoms with Crippen LogP contribution in [-0.4, -0.2) is 82.7 Å². The van der Waals surface area contributed by atoms with Gasteiger partial charge in [-0.25, -0.2) is 13.9 Å². The van der Waals surface area contributed by atoms with Gasteiger partial charge in [0.15, 0.2) is 12.0 Å². The van der Waals surface area contributed by atoms with Crippen molar-refractivity contribution in [1.29, 1.82) is 0 Å². The van der Waals surface area contributed by atoms with Crippen molar-refractivity contribution in [2.75, 3.05) is 50.8 Å². The van der Waals surface area contributed by atoms with Crippen molar-refractivity contribution in [3.63, 3.8) is 0 Å². The van der Waals surface area contributed by atoms with E-state index in [0.717, 1.165) is 64.6 Å². The fourth-order valence-corrected chi connectivity index (χ4v) is 9.79. The number of esters is 1. The van der Waals surface area contributed by atoms with Gasteiger partial charge in [-0.2, -0.15) is 28.2 Å². The number of cyclic esters (lactones) is 1. The average molecular weight is 727 g/mol. The fourth-order valence-electron chi connectivity index (χ4n) is 9.79. The lowest BCUT2D eigenvalue weighted by atomic mass is 9.84. The number of piperidine rings is 1. The molecule has 5 atom stereocenters. The Morgan fingerprint density at radius 1 is 1.10 bits per heavy atom. The molecular weight excluding hydrogens is 680 g/mol. The Balaban J connectivity index is 1.10. The number of hydrogen-bond acceptors (Lipinski definition) is 9. The molecule has 2 unspecified atom stereocenters. The van der Waals surface area contributed by atoms with E-state index in [-0.39, 0.29) is 51.6 Å². The van der Waals surface area contributed by atoms with Crippen LogP contribution in [-0.2, 0) is 22.1 Å². The number of aromatic nitrogens is 4. The third-order valence-electron chi connectivity index (χ3n) is 12.5. The molecule has 10 nitrogen and oxygen atoms in total. The summed E-state index contributed by atoms with van der Waals surface area (Å²) in [6, 6.07) is 1.61. The van der Waals surface area contributed by atoms with Crippen molar-refractivity contribution in [3.05, 3.63) is 40.2 Å². The van der Waals surface area contributed by atoms with Gasteiger partial charge in [0.1, 0.15) is 17.8 Å². The van der Waals surface area contributed by atoms with Crippen LogP contribution in [0.5, 0.6) is 6.01 Å². The number of fused-ring (bicyclic) bond motifs is 4. The maximum Gasteiger partial charge on any atom is 0.417 e. The minimum absolute atomic E-state index is 0.0191. The van der Waals surface area contributed by atoms with E-state index in [1.54, 1.807) is 4.68 Å². The summed E-state index contributed by atoms with van der Waals surface area (Å²) in [6.45, 7) is 7.89. The van der Waals surface area contributed by atoms with E-state index in [4.69, 9.17) is 24.2 Å². The molecule has 2 aromatic heterocycles. The number of carbonyl (C=O) groups excluding carboxylic acids is 1. The molecule has 0 spiro atoms. The van der Waals surface area contributed by atoms with Gasteiger partial charge in [0.2, 0.25) is 0 Å². The van der Waals surface area contributed by atoms with E-state index >= 15 is 0 Å². The van der Waals surface area contributed by atoms with Crippen molar-refractivity contribution in [1.82, 2.24) is 24.6 Å². The maximum atomic E-state index is 14.9. The normalized spacial score (nSPS) is 30.1. The summed E-state index contributed by atoms with van der Waals surface area (Å²) in [5, 5.41) is 4.79. The molecule has 14 heteroatoms. The minimum Gasteiger partial charge on any atom is -0.463 e. The molecular formula is C38H46F4N6O4. The van der Waals surface area contributed by atoms with Crippen molar-refractivity contribution >= 4 is 22.7 Å². The number of alkyl halides is 4. The predicted molar refractivity (Wildman–Crippen MR) is 183 cm³/mol. The summed E-state index contributed by atoms with van der Waals surface area (Å²) in [5.74, 6) is 0.143. The second kappa shape index (κ2) is 12.5. The van der Waals surface area contributed by atoms with Gasteiger partial charge in [0.05, 0.1) is 29.6 Å². The van der Waals surface area contributed by atoms with Crippen molar-refractivity contribution in [2.24, 2.45) is 16.7 Å². The third-order valence-corrected chi connectivity index (χ3v) is 12.5. The monoisotopic (exact) mass is 726 g/mol. The topological polar surface area (TPSA) is 94.8 Å². The van der Waals surface area contributed by atoms with Gasteiger partial charge in [0.25, 0.3) is 0 Å². The number of hydrogen-bond donors (Lipinski definition) is 0. The Morgan fingerprint density at radius 2 is 1.94 bits per heavy atom. The average Bonchev–Trinajstić information content (AvgIpc) is 3.37. The molecule has 6 aliphatic rings. The first-order valence-electron chi connectivity index (χ1n) is 18.9. The predicted octanol–water partition coefficient (Wildman–Crippen LogP) is 7.14. The van der Waals surface area contributed by atoms with Gasteiger partial charge in [-0.1, -0.05) is 6.92 Å². The standard InChI is InChI=1S/C38H46F4N6O4/c1-22-13-27-25(16-43-48(27)29-5-3-4-12-50-29)30(32(22)38(40,41)42)28-14-26-31(34(49)52-28)33(47-17-23-6-8-36(2,15-23)19-47)45-35(44-26)51-21-37(9-10-37)20-46-11-7-24(39)18-46/h13,16,23-24,28-29H,3-12,14-15,17-21H2,1-2H3/t23-,24+,28?,29?,36-/m0/s1. The lowest BCUT2D eigenvalue weighted by Gasteiger charge is -2.40. The van der Waals surface area contributed by atoms with Crippen LogP contribution in [0.3, 0.4) is 0 Å². The first-order valence-corrected chi connectivity index (χ1v) is 18.9. The number of aryl methyl sites for hydroxylation is 1. The molecule has 0 amide bonds. The second-order valence-corrected chi connectivity index (χ2v) is 16.8. The lowest BCUT2D eigenvalue weighted by molar-refractivity contribution is -0.139. The largest absolute Gasteiger partial charge is 0.463 e. The Bertz CT molecular complexity index is 1890. The molecule has 0 N–H and O–H groups in total. The highest BCUT2D eigenvalue weighted by Crippen LogP contribution is 2.50. The summed E-state index contributed by atoms with van der Waals surface area (Å²) in [6.07, 6.45) is 2.44. The number of anilines is 1. The highest BCUT2D eigenvalue weighted by molar-refractivity contribution is 5.98. The third kappa shape index (κ3) is 6.20. The second-order valence-electron chi connectivity index (χ2n) is 16.8. The summed E-state index contributed by atoms with van der Waals surface area (Å²) >= 11 is 0. The molecule has 5 fully saturated rings. The SMILES string of the molecule is Cc1cc2c(cnn2C2CCCCO2)c(C2Cc3nc(OCC4(CN5CC[C@@H](F)C5)CC4)nc(N4C[C@H]5CC[C@@](C)(C5)C4)c3C(=O)O2)c1C(F)(F)F. The van der Waals surface area contributed by atoms with Crippen LogP contribution in [0, 0.1) is 23.7 Å². The first-order chi connectivity index (χ1) is 24.9. The maximum absolute atomic E-state index is 14.9. The Morgan fingerprint density at radius 3 is 2.65 bits per heavy atom. The molecule has 4 aliphatic heterocycles. The molecule has 2 saturated carbocycles. The molecule has 52 heavy (non-hydrogen) atoms. The molecule has 280 valence electrons. The Hall–Kier alpha value is -3.52. The van der Waals surface area contributed by atoms with Gasteiger partial charge < -0.3 is 19.1 Å². The van der Waals surface area contributed by atoms with Gasteiger partial charge in [0, 0.05) is 62.1 Å². The van der Waals surface area contributed by atoms with Crippen LogP contribution < -0.4 is 9.64 Å². The number of likely N-dealkylation sites (tertiary alicyclic amines) is 1. The molecule has 9 rings (SSSR count). The van der Waals surface area contributed by atoms with E-state index < -0.39 is 30.0 Å². The summed E-state index contributed by atoms with van der Waals surface area (Å²) in [4.78, 5) is 28.0. The molecule has 6 heterocycles. The number of ether oxygens (including phenoxy) is 3. The van der Waals surface area contributed by atoms with Gasteiger partial charge in [-0.05, 0) is 87.7 Å². The van der Waals surface area contributed by atoms with Crippen LogP contribution >= 0.6 is 0 Å². The lowest BCUT2D eigenvalue weighted by Crippen LogP contribution is -2.43. The van der Waals surface area contributed by atoms with Crippen LogP contribution in [0.4, 0.5) is 23.4 Å². The highest BCUT2D eigenvalue weighted by Gasteiger charge is 2.48. The van der Waals surface area contributed by atoms with Crippen molar-refractivity contribution < 1.29 is 36.6 Å². The number of carbonyl (C=O) groups is 1. The molecule has 3 saturated heterocycles. The number of nitrogens with zero attached hydrogens (tertiary/aromatic N) is 6. The summed E-state index contributed by atoms with van der Waals surface area (Å²) in [7, 11) is 0. The zero-order valence-electron chi connectivity index (χ0n) is 29.8. The van der Waals surface area contributed by atoms with E-state index in [2.05, 4.69) is 21.8 Å². The molecule has 2 bridgehead atoms. The highest BCUT2D eigenvalue weighted by atomic mass is 19.4. The van der Waals surface area contributed by atoms with Crippen molar-refractivity contribution in [2.45, 2.75) is 103 Å². The van der Waals surface area contributed by atoms with E-state index in [9.17, 15) is 22.4 Å². The van der Waals surface area contributed by atoms with Crippen LogP contribution in [0.25, 0.3) is 10.9 Å². The number of rotatable bonds is 8. The molecule has 3 aromatic rings. The summed E-state index contributed by atoms with van der Waals surface area (Å²) < 4.78 is 78.8. The Labute approximate surface area is 300 Å². The molecule has 2 aliphatic carbocycles. The molecule has 1 aromatic carbocycles. The van der Waals surface area contributed by atoms with Gasteiger partial charge in [-0.3, -0.25) is 4.90 Å². The zero-order valence-corrected chi connectivity index (χ0v) is 29.8. The van der Waals surface area contributed by atoms with E-state index in [1.807, 2.05) is 0 Å². The minimum atomic E-state index is -4.71. The fraction of sp³-hybridized carbons (Fsp3) is 0.684. The quantitative estimate of drug-likeness (QED) is 0.178. The van der Waals surface area contributed by atoms with Crippen LogP contribution in [0.1, 0.15) is 110 Å². The van der Waals surface area contributed by atoms with Crippen molar-refractivity contribution in [3.8, 4) is 6.01 Å². The van der Waals surface area contributed by atoms with Gasteiger partial charge >= 0.3 is 18.2 Å². The smallest absolute Gasteiger partial charge is 0.417 e. The number of halogens is 4. The zero-order chi connectivity index (χ0) is 36.0. The van der Waals surface area contributed by atoms with E-state index in [1.165, 1.54) is 19.2 Å².